The van der Waals surface area contributed by atoms with Crippen LogP contribution in [0.25, 0.3) is 21.8 Å². The summed E-state index contributed by atoms with van der Waals surface area (Å²) in [5.41, 5.74) is 2.75. The summed E-state index contributed by atoms with van der Waals surface area (Å²) in [6, 6.07) is 19.7. The Balaban J connectivity index is 1.47. The second kappa shape index (κ2) is 19.1. The van der Waals surface area contributed by atoms with Crippen LogP contribution < -0.4 is 14.2 Å². The number of hydrogen-bond donors (Lipinski definition) is 0. The zero-order valence-corrected chi connectivity index (χ0v) is 28.5. The molecule has 1 aromatic heterocycles. The van der Waals surface area contributed by atoms with Crippen molar-refractivity contribution in [1.82, 2.24) is 4.57 Å². The van der Waals surface area contributed by atoms with Gasteiger partial charge in [-0.05, 0) is 80.1 Å². The molecule has 0 radical (unpaired) electrons. The van der Waals surface area contributed by atoms with Crippen LogP contribution in [-0.4, -0.2) is 23.8 Å². The molecule has 0 aliphatic heterocycles. The molecule has 4 rings (SSSR count). The first-order chi connectivity index (χ1) is 22.5. The molecule has 1 atom stereocenters. The SMILES string of the molecule is C=CCCCCCCCCCn1c2cc(OC[C@@H](C)CC)ccc2c2ccc(OC(=O)c3ccc(OCCCCCC)cc3)cc21. The number of aryl methyl sites for hydroxylation is 1. The standard InChI is InChI=1S/C41H55NO4/c1-5-8-10-12-13-14-15-16-17-27-42-39-29-35(45-31-32(4)7-3)23-25-37(39)38-26-24-36(30-40(38)42)46-41(43)33-19-21-34(22-20-33)44-28-18-11-9-6-2/h5,19-26,29-30,32H,1,6-18,27-28,31H2,2-4H3/t32-/m0/s1. The Morgan fingerprint density at radius 3 is 2.02 bits per heavy atom. The zero-order chi connectivity index (χ0) is 32.6. The number of rotatable bonds is 22. The number of hydrogen-bond acceptors (Lipinski definition) is 4. The minimum atomic E-state index is -0.370. The first-order valence-corrected chi connectivity index (χ1v) is 17.8. The van der Waals surface area contributed by atoms with E-state index in [-0.39, 0.29) is 5.97 Å². The lowest BCUT2D eigenvalue weighted by Gasteiger charge is -2.12. The van der Waals surface area contributed by atoms with E-state index in [4.69, 9.17) is 14.2 Å². The van der Waals surface area contributed by atoms with Crippen LogP contribution in [0.4, 0.5) is 0 Å². The van der Waals surface area contributed by atoms with Gasteiger partial charge >= 0.3 is 5.97 Å². The van der Waals surface area contributed by atoms with Crippen LogP contribution in [0.3, 0.4) is 0 Å². The Hall–Kier alpha value is -3.73. The number of allylic oxidation sites excluding steroid dienone is 1. The van der Waals surface area contributed by atoms with Crippen molar-refractivity contribution in [2.24, 2.45) is 5.92 Å². The lowest BCUT2D eigenvalue weighted by molar-refractivity contribution is 0.0735. The third-order valence-corrected chi connectivity index (χ3v) is 8.90. The van der Waals surface area contributed by atoms with Crippen molar-refractivity contribution in [1.29, 1.82) is 0 Å². The number of aromatic nitrogens is 1. The van der Waals surface area contributed by atoms with Gasteiger partial charge in [-0.3, -0.25) is 0 Å². The third-order valence-electron chi connectivity index (χ3n) is 8.90. The number of unbranched alkanes of at least 4 members (excludes halogenated alkanes) is 10. The molecule has 0 aliphatic carbocycles. The number of nitrogens with zero attached hydrogens (tertiary/aromatic N) is 1. The van der Waals surface area contributed by atoms with E-state index in [0.29, 0.717) is 30.4 Å². The van der Waals surface area contributed by atoms with Crippen molar-refractivity contribution in [3.8, 4) is 17.2 Å². The molecule has 0 unspecified atom stereocenters. The molecule has 0 saturated carbocycles. The highest BCUT2D eigenvalue weighted by atomic mass is 16.5. The van der Waals surface area contributed by atoms with Gasteiger partial charge in [-0.1, -0.05) is 84.6 Å². The van der Waals surface area contributed by atoms with Gasteiger partial charge in [0.15, 0.2) is 0 Å². The van der Waals surface area contributed by atoms with E-state index >= 15 is 0 Å². The first-order valence-electron chi connectivity index (χ1n) is 17.8. The van der Waals surface area contributed by atoms with Crippen molar-refractivity contribution in [2.75, 3.05) is 13.2 Å². The molecule has 0 amide bonds. The molecular formula is C41H55NO4. The maximum Gasteiger partial charge on any atom is 0.343 e. The van der Waals surface area contributed by atoms with Crippen molar-refractivity contribution in [2.45, 2.75) is 111 Å². The number of carbonyl (C=O) groups is 1. The van der Waals surface area contributed by atoms with Crippen molar-refractivity contribution in [3.05, 3.63) is 78.9 Å². The smallest absolute Gasteiger partial charge is 0.343 e. The Morgan fingerprint density at radius 2 is 1.35 bits per heavy atom. The van der Waals surface area contributed by atoms with E-state index in [9.17, 15) is 4.79 Å². The summed E-state index contributed by atoms with van der Waals surface area (Å²) >= 11 is 0. The van der Waals surface area contributed by atoms with E-state index in [1.807, 2.05) is 30.3 Å². The molecule has 4 aromatic rings. The molecule has 3 aromatic carbocycles. The molecule has 0 aliphatic rings. The molecule has 46 heavy (non-hydrogen) atoms. The molecule has 5 heteroatoms. The number of esters is 1. The molecule has 0 bridgehead atoms. The number of benzene rings is 3. The van der Waals surface area contributed by atoms with Crippen LogP contribution >= 0.6 is 0 Å². The quantitative estimate of drug-likeness (QED) is 0.0377. The Bertz CT molecular complexity index is 1500. The summed E-state index contributed by atoms with van der Waals surface area (Å²) < 4.78 is 20.3. The average Bonchev–Trinajstić information content (AvgIpc) is 3.38. The highest BCUT2D eigenvalue weighted by Gasteiger charge is 2.15. The van der Waals surface area contributed by atoms with Crippen LogP contribution in [0.1, 0.15) is 115 Å². The predicted molar refractivity (Wildman–Crippen MR) is 193 cm³/mol. The minimum Gasteiger partial charge on any atom is -0.494 e. The molecule has 0 fully saturated rings. The number of carbonyl (C=O) groups excluding carboxylic acids is 1. The molecule has 5 nitrogen and oxygen atoms in total. The van der Waals surface area contributed by atoms with Crippen LogP contribution in [-0.2, 0) is 6.54 Å². The summed E-state index contributed by atoms with van der Waals surface area (Å²) in [6.07, 6.45) is 17.5. The third kappa shape index (κ3) is 10.4. The molecule has 248 valence electrons. The second-order valence-electron chi connectivity index (χ2n) is 12.7. The highest BCUT2D eigenvalue weighted by Crippen LogP contribution is 2.34. The fraction of sp³-hybridized carbons (Fsp3) is 0.488. The Kier molecular flexibility index (Phi) is 14.5. The summed E-state index contributed by atoms with van der Waals surface area (Å²) in [5, 5.41) is 2.35. The maximum absolute atomic E-state index is 13.1. The van der Waals surface area contributed by atoms with Gasteiger partial charge in [-0.25, -0.2) is 4.79 Å². The number of fused-ring (bicyclic) bond motifs is 3. The monoisotopic (exact) mass is 625 g/mol. The van der Waals surface area contributed by atoms with Crippen LogP contribution in [0, 0.1) is 5.92 Å². The first kappa shape index (κ1) is 35.1. The van der Waals surface area contributed by atoms with E-state index in [1.165, 1.54) is 63.2 Å². The van der Waals surface area contributed by atoms with Gasteiger partial charge in [0.05, 0.1) is 29.8 Å². The summed E-state index contributed by atoms with van der Waals surface area (Å²) in [4.78, 5) is 13.1. The Labute approximate surface area is 276 Å². The van der Waals surface area contributed by atoms with Crippen LogP contribution in [0.5, 0.6) is 17.2 Å². The molecular weight excluding hydrogens is 570 g/mol. The topological polar surface area (TPSA) is 49.7 Å². The van der Waals surface area contributed by atoms with Gasteiger partial charge in [0.25, 0.3) is 0 Å². The number of ether oxygens (including phenoxy) is 3. The van der Waals surface area contributed by atoms with Gasteiger partial charge in [-0.15, -0.1) is 6.58 Å². The van der Waals surface area contributed by atoms with Gasteiger partial charge < -0.3 is 18.8 Å². The van der Waals surface area contributed by atoms with Crippen LogP contribution in [0.2, 0.25) is 0 Å². The van der Waals surface area contributed by atoms with E-state index in [0.717, 1.165) is 60.1 Å². The predicted octanol–water partition coefficient (Wildman–Crippen LogP) is 11.7. The van der Waals surface area contributed by atoms with E-state index < -0.39 is 0 Å². The molecule has 0 spiro atoms. The largest absolute Gasteiger partial charge is 0.494 e. The summed E-state index contributed by atoms with van der Waals surface area (Å²) in [6.45, 7) is 12.7. The van der Waals surface area contributed by atoms with E-state index in [1.54, 1.807) is 12.1 Å². The average molecular weight is 626 g/mol. The lowest BCUT2D eigenvalue weighted by atomic mass is 10.1. The summed E-state index contributed by atoms with van der Waals surface area (Å²) in [7, 11) is 0. The Morgan fingerprint density at radius 1 is 0.739 bits per heavy atom. The summed E-state index contributed by atoms with van der Waals surface area (Å²) in [5.74, 6) is 2.36. The molecule has 1 heterocycles. The van der Waals surface area contributed by atoms with Crippen LogP contribution in [0.15, 0.2) is 73.3 Å². The molecule has 0 saturated heterocycles. The minimum absolute atomic E-state index is 0.370. The molecule has 0 N–H and O–H groups in total. The highest BCUT2D eigenvalue weighted by molar-refractivity contribution is 6.09. The van der Waals surface area contributed by atoms with Gasteiger partial charge in [-0.2, -0.15) is 0 Å². The van der Waals surface area contributed by atoms with Crippen molar-refractivity contribution >= 4 is 27.8 Å². The van der Waals surface area contributed by atoms with Gasteiger partial charge in [0.1, 0.15) is 17.2 Å². The fourth-order valence-corrected chi connectivity index (χ4v) is 5.82. The van der Waals surface area contributed by atoms with Crippen molar-refractivity contribution in [3.63, 3.8) is 0 Å². The van der Waals surface area contributed by atoms with Gasteiger partial charge in [0.2, 0.25) is 0 Å². The lowest BCUT2D eigenvalue weighted by Crippen LogP contribution is -2.08. The van der Waals surface area contributed by atoms with E-state index in [2.05, 4.69) is 56.2 Å². The van der Waals surface area contributed by atoms with Crippen molar-refractivity contribution < 1.29 is 19.0 Å². The zero-order valence-electron chi connectivity index (χ0n) is 28.5. The second-order valence-corrected chi connectivity index (χ2v) is 12.7. The maximum atomic E-state index is 13.1. The van der Waals surface area contributed by atoms with Gasteiger partial charge in [0, 0.05) is 29.4 Å². The fourth-order valence-electron chi connectivity index (χ4n) is 5.82. The normalized spacial score (nSPS) is 12.0.